The summed E-state index contributed by atoms with van der Waals surface area (Å²) in [4.78, 5) is 6.38. The maximum Gasteiger partial charge on any atom is 0.0593 e. The van der Waals surface area contributed by atoms with Crippen LogP contribution in [0.5, 0.6) is 0 Å². The minimum Gasteiger partial charge on any atom is -0.326 e. The summed E-state index contributed by atoms with van der Waals surface area (Å²) < 4.78 is 0. The molecule has 1 aromatic rings. The molecule has 0 saturated carbocycles. The zero-order valence-corrected chi connectivity index (χ0v) is 13.4. The lowest BCUT2D eigenvalue weighted by molar-refractivity contribution is 0.0982. The Balaban J connectivity index is 2.13. The molecule has 2 rings (SSSR count). The van der Waals surface area contributed by atoms with Gasteiger partial charge in [0.25, 0.3) is 0 Å². The van der Waals surface area contributed by atoms with Crippen LogP contribution >= 0.6 is 11.3 Å². The molecule has 2 heterocycles. The van der Waals surface area contributed by atoms with Crippen LogP contribution in [0.1, 0.15) is 36.2 Å². The summed E-state index contributed by atoms with van der Waals surface area (Å²) in [6.45, 7) is 6.73. The van der Waals surface area contributed by atoms with Gasteiger partial charge in [0, 0.05) is 17.0 Å². The SMILES string of the molecule is Cc1ccsc1C(C(C)N)N(C)C1CCN(C)CC1. The quantitative estimate of drug-likeness (QED) is 0.920. The van der Waals surface area contributed by atoms with Gasteiger partial charge in [0.15, 0.2) is 0 Å². The van der Waals surface area contributed by atoms with Crippen molar-refractivity contribution < 1.29 is 0 Å². The number of rotatable bonds is 4. The van der Waals surface area contributed by atoms with Crippen molar-refractivity contribution in [3.05, 3.63) is 21.9 Å². The first-order valence-corrected chi connectivity index (χ1v) is 8.08. The van der Waals surface area contributed by atoms with E-state index in [0.29, 0.717) is 12.1 Å². The second-order valence-corrected chi connectivity index (χ2v) is 6.92. The highest BCUT2D eigenvalue weighted by atomic mass is 32.1. The summed E-state index contributed by atoms with van der Waals surface area (Å²) in [6, 6.07) is 3.39. The minimum absolute atomic E-state index is 0.169. The number of likely N-dealkylation sites (tertiary alicyclic amines) is 1. The summed E-state index contributed by atoms with van der Waals surface area (Å²) in [7, 11) is 4.46. The van der Waals surface area contributed by atoms with E-state index in [0.717, 1.165) is 0 Å². The molecule has 0 aliphatic carbocycles. The molecule has 0 amide bonds. The van der Waals surface area contributed by atoms with Crippen molar-refractivity contribution in [2.45, 2.75) is 44.8 Å². The van der Waals surface area contributed by atoms with E-state index in [-0.39, 0.29) is 6.04 Å². The summed E-state index contributed by atoms with van der Waals surface area (Å²) >= 11 is 1.85. The Bertz CT molecular complexity index is 394. The number of piperidine rings is 1. The highest BCUT2D eigenvalue weighted by Crippen LogP contribution is 2.33. The van der Waals surface area contributed by atoms with Crippen LogP contribution in [0.15, 0.2) is 11.4 Å². The van der Waals surface area contributed by atoms with Gasteiger partial charge in [-0.2, -0.15) is 0 Å². The van der Waals surface area contributed by atoms with E-state index in [4.69, 9.17) is 5.73 Å². The molecule has 1 aromatic heterocycles. The van der Waals surface area contributed by atoms with E-state index in [9.17, 15) is 0 Å². The Morgan fingerprint density at radius 2 is 2.05 bits per heavy atom. The summed E-state index contributed by atoms with van der Waals surface area (Å²) in [5, 5.41) is 2.18. The zero-order valence-electron chi connectivity index (χ0n) is 12.6. The maximum absolute atomic E-state index is 6.29. The Kier molecular flexibility index (Phi) is 5.01. The number of likely N-dealkylation sites (N-methyl/N-ethyl adjacent to an activating group) is 1. The lowest BCUT2D eigenvalue weighted by Crippen LogP contribution is -2.47. The molecule has 1 aliphatic rings. The third-order valence-corrected chi connectivity index (χ3v) is 5.46. The van der Waals surface area contributed by atoms with Gasteiger partial charge in [-0.1, -0.05) is 0 Å². The first kappa shape index (κ1) is 15.0. The largest absolute Gasteiger partial charge is 0.326 e. The van der Waals surface area contributed by atoms with Crippen molar-refractivity contribution in [3.63, 3.8) is 0 Å². The molecule has 0 bridgehead atoms. The van der Waals surface area contributed by atoms with Crippen LogP contribution in [0.2, 0.25) is 0 Å². The fourth-order valence-corrected chi connectivity index (χ4v) is 4.30. The average molecular weight is 281 g/mol. The summed E-state index contributed by atoms with van der Waals surface area (Å²) in [5.41, 5.74) is 7.67. The fourth-order valence-electron chi connectivity index (χ4n) is 3.11. The Morgan fingerprint density at radius 3 is 2.53 bits per heavy atom. The molecule has 0 radical (unpaired) electrons. The smallest absolute Gasteiger partial charge is 0.0593 e. The molecule has 4 heteroatoms. The number of thiophene rings is 1. The van der Waals surface area contributed by atoms with Gasteiger partial charge < -0.3 is 10.6 Å². The molecule has 1 saturated heterocycles. The molecule has 3 nitrogen and oxygen atoms in total. The molecule has 0 spiro atoms. The minimum atomic E-state index is 0.169. The van der Waals surface area contributed by atoms with Crippen LogP contribution < -0.4 is 5.73 Å². The molecule has 108 valence electrons. The summed E-state index contributed by atoms with van der Waals surface area (Å²) in [5.74, 6) is 0. The first-order valence-electron chi connectivity index (χ1n) is 7.20. The van der Waals surface area contributed by atoms with E-state index in [1.54, 1.807) is 0 Å². The molecule has 2 unspecified atom stereocenters. The number of nitrogens with zero attached hydrogens (tertiary/aromatic N) is 2. The van der Waals surface area contributed by atoms with Crippen molar-refractivity contribution in [2.75, 3.05) is 27.2 Å². The number of nitrogens with two attached hydrogens (primary N) is 1. The second-order valence-electron chi connectivity index (χ2n) is 5.97. The molecule has 2 N–H and O–H groups in total. The molecule has 1 fully saturated rings. The molecular formula is C15H27N3S. The van der Waals surface area contributed by atoms with Gasteiger partial charge in [0.1, 0.15) is 0 Å². The van der Waals surface area contributed by atoms with Crippen molar-refractivity contribution in [1.29, 1.82) is 0 Å². The monoisotopic (exact) mass is 281 g/mol. The van der Waals surface area contributed by atoms with Crippen LogP contribution in [0.4, 0.5) is 0 Å². The van der Waals surface area contributed by atoms with E-state index in [1.807, 2.05) is 11.3 Å². The van der Waals surface area contributed by atoms with Crippen LogP contribution in [-0.2, 0) is 0 Å². The van der Waals surface area contributed by atoms with E-state index in [1.165, 1.54) is 36.4 Å². The topological polar surface area (TPSA) is 32.5 Å². The van der Waals surface area contributed by atoms with Crippen molar-refractivity contribution in [2.24, 2.45) is 5.73 Å². The normalized spacial score (nSPS) is 21.8. The third kappa shape index (κ3) is 3.37. The third-order valence-electron chi connectivity index (χ3n) is 4.37. The van der Waals surface area contributed by atoms with E-state index >= 15 is 0 Å². The number of hydrogen-bond acceptors (Lipinski definition) is 4. The first-order chi connectivity index (χ1) is 9.00. The Hall–Kier alpha value is -0.420. The Labute approximate surface area is 121 Å². The zero-order chi connectivity index (χ0) is 14.0. The molecule has 0 aromatic carbocycles. The number of aryl methyl sites for hydroxylation is 1. The predicted molar refractivity (Wildman–Crippen MR) is 83.7 cm³/mol. The standard InChI is InChI=1S/C15H27N3S/c1-11-7-10-19-15(11)14(12(2)16)18(4)13-5-8-17(3)9-6-13/h7,10,12-14H,5-6,8-9,16H2,1-4H3. The van der Waals surface area contributed by atoms with Crippen molar-refractivity contribution in [3.8, 4) is 0 Å². The lowest BCUT2D eigenvalue weighted by Gasteiger charge is -2.40. The van der Waals surface area contributed by atoms with Gasteiger partial charge in [-0.3, -0.25) is 4.90 Å². The van der Waals surface area contributed by atoms with Crippen molar-refractivity contribution >= 4 is 11.3 Å². The van der Waals surface area contributed by atoms with E-state index in [2.05, 4.69) is 49.2 Å². The van der Waals surface area contributed by atoms with Gasteiger partial charge >= 0.3 is 0 Å². The van der Waals surface area contributed by atoms with Crippen LogP contribution in [-0.4, -0.2) is 49.1 Å². The predicted octanol–water partition coefficient (Wildman–Crippen LogP) is 2.47. The van der Waals surface area contributed by atoms with Crippen molar-refractivity contribution in [1.82, 2.24) is 9.80 Å². The average Bonchev–Trinajstić information content (AvgIpc) is 2.76. The number of hydrogen-bond donors (Lipinski definition) is 1. The van der Waals surface area contributed by atoms with Crippen LogP contribution in [0.25, 0.3) is 0 Å². The van der Waals surface area contributed by atoms with Gasteiger partial charge in [0.05, 0.1) is 6.04 Å². The maximum atomic E-state index is 6.29. The van der Waals surface area contributed by atoms with Crippen LogP contribution in [0, 0.1) is 6.92 Å². The van der Waals surface area contributed by atoms with Gasteiger partial charge in [-0.25, -0.2) is 0 Å². The second kappa shape index (κ2) is 6.35. The Morgan fingerprint density at radius 1 is 1.42 bits per heavy atom. The molecular weight excluding hydrogens is 254 g/mol. The van der Waals surface area contributed by atoms with Gasteiger partial charge in [-0.15, -0.1) is 11.3 Å². The highest BCUT2D eigenvalue weighted by molar-refractivity contribution is 7.10. The summed E-state index contributed by atoms with van der Waals surface area (Å²) in [6.07, 6.45) is 2.50. The molecule has 19 heavy (non-hydrogen) atoms. The molecule has 1 aliphatic heterocycles. The van der Waals surface area contributed by atoms with E-state index < -0.39 is 0 Å². The fraction of sp³-hybridized carbons (Fsp3) is 0.733. The van der Waals surface area contributed by atoms with Crippen LogP contribution in [0.3, 0.4) is 0 Å². The van der Waals surface area contributed by atoms with Gasteiger partial charge in [-0.05, 0) is 70.9 Å². The highest BCUT2D eigenvalue weighted by Gasteiger charge is 2.30. The molecule has 2 atom stereocenters. The van der Waals surface area contributed by atoms with Gasteiger partial charge in [0.2, 0.25) is 0 Å². The lowest BCUT2D eigenvalue weighted by atomic mass is 9.98.